The normalized spacial score (nSPS) is 16.1. The van der Waals surface area contributed by atoms with Gasteiger partial charge in [0.2, 0.25) is 0 Å². The summed E-state index contributed by atoms with van der Waals surface area (Å²) in [4.78, 5) is 20.5. The Hall–Kier alpha value is -1.85. The molecule has 1 aliphatic heterocycles. The Balaban J connectivity index is 1.57. The molecule has 3 rings (SSSR count). The maximum absolute atomic E-state index is 12.3. The number of carbonyl (C=O) groups is 1. The van der Waals surface area contributed by atoms with E-state index in [-0.39, 0.29) is 5.91 Å². The van der Waals surface area contributed by atoms with Gasteiger partial charge in [-0.1, -0.05) is 17.7 Å². The molecule has 0 aliphatic carbocycles. The lowest BCUT2D eigenvalue weighted by molar-refractivity contribution is 0.0614. The number of hydrogen-bond donors (Lipinski definition) is 0. The van der Waals surface area contributed by atoms with Crippen LogP contribution in [-0.4, -0.2) is 46.9 Å². The van der Waals surface area contributed by atoms with Crippen LogP contribution in [0.5, 0.6) is 0 Å². The van der Waals surface area contributed by atoms with Crippen LogP contribution in [0.25, 0.3) is 0 Å². The van der Waals surface area contributed by atoms with E-state index in [2.05, 4.69) is 9.88 Å². The van der Waals surface area contributed by atoms with Gasteiger partial charge < -0.3 is 9.32 Å². The lowest BCUT2D eigenvalue weighted by atomic mass is 10.2. The zero-order valence-corrected chi connectivity index (χ0v) is 12.3. The maximum atomic E-state index is 12.3. The van der Waals surface area contributed by atoms with Gasteiger partial charge in [0, 0.05) is 26.2 Å². The fourth-order valence-electron chi connectivity index (χ4n) is 2.42. The van der Waals surface area contributed by atoms with Gasteiger partial charge in [0.15, 0.2) is 0 Å². The minimum Gasteiger partial charge on any atom is -0.468 e. The highest BCUT2D eigenvalue weighted by atomic mass is 35.5. The third kappa shape index (κ3) is 3.43. The van der Waals surface area contributed by atoms with E-state index in [0.717, 1.165) is 25.4 Å². The molecule has 2 aromatic heterocycles. The minimum absolute atomic E-state index is 0.0600. The molecule has 0 atom stereocenters. The predicted molar refractivity (Wildman–Crippen MR) is 79.1 cm³/mol. The van der Waals surface area contributed by atoms with Gasteiger partial charge >= 0.3 is 0 Å². The van der Waals surface area contributed by atoms with Gasteiger partial charge in [0.25, 0.3) is 5.91 Å². The molecule has 5 nitrogen and oxygen atoms in total. The summed E-state index contributed by atoms with van der Waals surface area (Å²) in [5.41, 5.74) is 0.405. The van der Waals surface area contributed by atoms with Gasteiger partial charge in [-0.3, -0.25) is 9.69 Å². The highest BCUT2D eigenvalue weighted by molar-refractivity contribution is 6.29. The van der Waals surface area contributed by atoms with Crippen LogP contribution in [0.4, 0.5) is 0 Å². The molecule has 3 heterocycles. The van der Waals surface area contributed by atoms with Crippen molar-refractivity contribution in [2.75, 3.05) is 26.2 Å². The molecule has 0 spiro atoms. The molecule has 0 saturated carbocycles. The lowest BCUT2D eigenvalue weighted by Gasteiger charge is -2.34. The van der Waals surface area contributed by atoms with E-state index in [1.807, 2.05) is 17.0 Å². The molecular formula is C15H16ClN3O2. The minimum atomic E-state index is -0.0600. The molecule has 1 amide bonds. The molecule has 110 valence electrons. The number of pyridine rings is 1. The standard InChI is InChI=1S/C15H16ClN3O2/c16-14-5-1-4-13(17-14)15(20)19-8-6-18(7-9-19)11-12-3-2-10-21-12/h1-5,10H,6-9,11H2. The maximum Gasteiger partial charge on any atom is 0.272 e. The number of furan rings is 1. The van der Waals surface area contributed by atoms with Crippen LogP contribution in [0.15, 0.2) is 41.0 Å². The van der Waals surface area contributed by atoms with Crippen LogP contribution < -0.4 is 0 Å². The van der Waals surface area contributed by atoms with E-state index < -0.39 is 0 Å². The summed E-state index contributed by atoms with van der Waals surface area (Å²) in [6.45, 7) is 3.81. The number of nitrogens with zero attached hydrogens (tertiary/aromatic N) is 3. The van der Waals surface area contributed by atoms with Gasteiger partial charge in [0.05, 0.1) is 12.8 Å². The van der Waals surface area contributed by atoms with Gasteiger partial charge in [-0.05, 0) is 24.3 Å². The van der Waals surface area contributed by atoms with E-state index in [0.29, 0.717) is 23.9 Å². The zero-order chi connectivity index (χ0) is 14.7. The number of hydrogen-bond acceptors (Lipinski definition) is 4. The quantitative estimate of drug-likeness (QED) is 0.816. The van der Waals surface area contributed by atoms with Gasteiger partial charge in [-0.15, -0.1) is 0 Å². The number of amides is 1. The summed E-state index contributed by atoms with van der Waals surface area (Å²) in [5.74, 6) is 0.890. The number of halogens is 1. The molecule has 1 fully saturated rings. The van der Waals surface area contributed by atoms with E-state index in [1.54, 1.807) is 24.5 Å². The van der Waals surface area contributed by atoms with Gasteiger partial charge in [0.1, 0.15) is 16.6 Å². The Morgan fingerprint density at radius 1 is 1.19 bits per heavy atom. The van der Waals surface area contributed by atoms with E-state index in [4.69, 9.17) is 16.0 Å². The van der Waals surface area contributed by atoms with Crippen LogP contribution in [0.3, 0.4) is 0 Å². The summed E-state index contributed by atoms with van der Waals surface area (Å²) in [6.07, 6.45) is 1.68. The summed E-state index contributed by atoms with van der Waals surface area (Å²) in [7, 11) is 0. The first-order valence-corrected chi connectivity index (χ1v) is 7.27. The molecule has 2 aromatic rings. The van der Waals surface area contributed by atoms with Crippen LogP contribution >= 0.6 is 11.6 Å². The Labute approximate surface area is 128 Å². The Morgan fingerprint density at radius 3 is 2.67 bits per heavy atom. The van der Waals surface area contributed by atoms with Gasteiger partial charge in [-0.2, -0.15) is 0 Å². The second kappa shape index (κ2) is 6.28. The van der Waals surface area contributed by atoms with Gasteiger partial charge in [-0.25, -0.2) is 4.98 Å². The smallest absolute Gasteiger partial charge is 0.272 e. The molecule has 0 bridgehead atoms. The highest BCUT2D eigenvalue weighted by Crippen LogP contribution is 2.12. The summed E-state index contributed by atoms with van der Waals surface area (Å²) in [5, 5.41) is 0.345. The third-order valence-corrected chi connectivity index (χ3v) is 3.76. The first-order valence-electron chi connectivity index (χ1n) is 6.89. The highest BCUT2D eigenvalue weighted by Gasteiger charge is 2.23. The number of carbonyl (C=O) groups excluding carboxylic acids is 1. The topological polar surface area (TPSA) is 49.6 Å². The van der Waals surface area contributed by atoms with Crippen LogP contribution in [0.1, 0.15) is 16.2 Å². The first kappa shape index (κ1) is 14.1. The first-order chi connectivity index (χ1) is 10.2. The molecule has 6 heteroatoms. The summed E-state index contributed by atoms with van der Waals surface area (Å²) >= 11 is 5.83. The Kier molecular flexibility index (Phi) is 4.22. The molecule has 0 unspecified atom stereocenters. The van der Waals surface area contributed by atoms with Crippen LogP contribution in [0, 0.1) is 0 Å². The monoisotopic (exact) mass is 305 g/mol. The molecule has 1 aliphatic rings. The van der Waals surface area contributed by atoms with Crippen molar-refractivity contribution in [2.45, 2.75) is 6.54 Å². The van der Waals surface area contributed by atoms with E-state index in [1.165, 1.54) is 0 Å². The van der Waals surface area contributed by atoms with Crippen molar-refractivity contribution in [3.8, 4) is 0 Å². The van der Waals surface area contributed by atoms with Crippen molar-refractivity contribution in [1.29, 1.82) is 0 Å². The van der Waals surface area contributed by atoms with Crippen LogP contribution in [-0.2, 0) is 6.54 Å². The van der Waals surface area contributed by atoms with Crippen molar-refractivity contribution < 1.29 is 9.21 Å². The number of aromatic nitrogens is 1. The summed E-state index contributed by atoms with van der Waals surface area (Å²) in [6, 6.07) is 8.96. The molecular weight excluding hydrogens is 290 g/mol. The fraction of sp³-hybridized carbons (Fsp3) is 0.333. The lowest BCUT2D eigenvalue weighted by Crippen LogP contribution is -2.48. The zero-order valence-electron chi connectivity index (χ0n) is 11.5. The Bertz CT molecular complexity index is 607. The number of piperazine rings is 1. The van der Waals surface area contributed by atoms with Crippen molar-refractivity contribution in [2.24, 2.45) is 0 Å². The number of rotatable bonds is 3. The van der Waals surface area contributed by atoms with Crippen molar-refractivity contribution in [3.05, 3.63) is 53.2 Å². The van der Waals surface area contributed by atoms with E-state index >= 15 is 0 Å². The second-order valence-electron chi connectivity index (χ2n) is 4.99. The third-order valence-electron chi connectivity index (χ3n) is 3.55. The SMILES string of the molecule is O=C(c1cccc(Cl)n1)N1CCN(Cc2ccco2)CC1. The molecule has 21 heavy (non-hydrogen) atoms. The summed E-state index contributed by atoms with van der Waals surface area (Å²) < 4.78 is 5.35. The molecule has 1 saturated heterocycles. The van der Waals surface area contributed by atoms with Crippen molar-refractivity contribution in [1.82, 2.24) is 14.8 Å². The average Bonchev–Trinajstić information content (AvgIpc) is 3.00. The van der Waals surface area contributed by atoms with Crippen molar-refractivity contribution in [3.63, 3.8) is 0 Å². The molecule has 0 N–H and O–H groups in total. The van der Waals surface area contributed by atoms with Crippen LogP contribution in [0.2, 0.25) is 5.15 Å². The fourth-order valence-corrected chi connectivity index (χ4v) is 2.59. The predicted octanol–water partition coefficient (Wildman–Crippen LogP) is 2.29. The second-order valence-corrected chi connectivity index (χ2v) is 5.38. The molecule has 0 aromatic carbocycles. The van der Waals surface area contributed by atoms with E-state index in [9.17, 15) is 4.79 Å². The molecule has 0 radical (unpaired) electrons. The Morgan fingerprint density at radius 2 is 2.00 bits per heavy atom. The largest absolute Gasteiger partial charge is 0.468 e. The van der Waals surface area contributed by atoms with Crippen molar-refractivity contribution >= 4 is 17.5 Å². The average molecular weight is 306 g/mol.